The van der Waals surface area contributed by atoms with Crippen LogP contribution in [0, 0.1) is 0 Å². The number of aliphatic hydroxyl groups is 1. The average molecular weight is 274 g/mol. The van der Waals surface area contributed by atoms with Crippen LogP contribution in [-0.2, 0) is 4.79 Å². The highest BCUT2D eigenvalue weighted by molar-refractivity contribution is 6.34. The van der Waals surface area contributed by atoms with Crippen molar-refractivity contribution in [3.05, 3.63) is 39.9 Å². The van der Waals surface area contributed by atoms with Crippen LogP contribution >= 0.6 is 23.2 Å². The fourth-order valence-electron chi connectivity index (χ4n) is 1.15. The minimum Gasteiger partial charge on any atom is -0.392 e. The summed E-state index contributed by atoms with van der Waals surface area (Å²) in [4.78, 5) is 11.3. The van der Waals surface area contributed by atoms with Crippen LogP contribution < -0.4 is 5.32 Å². The Bertz CT molecular complexity index is 410. The van der Waals surface area contributed by atoms with E-state index in [1.54, 1.807) is 31.2 Å². The Kier molecular flexibility index (Phi) is 5.48. The van der Waals surface area contributed by atoms with Crippen molar-refractivity contribution >= 4 is 35.2 Å². The maximum absolute atomic E-state index is 11.3. The lowest BCUT2D eigenvalue weighted by Crippen LogP contribution is -2.28. The summed E-state index contributed by atoms with van der Waals surface area (Å²) in [5, 5.41) is 12.6. The van der Waals surface area contributed by atoms with Gasteiger partial charge >= 0.3 is 0 Å². The van der Waals surface area contributed by atoms with Gasteiger partial charge in [-0.05, 0) is 36.8 Å². The van der Waals surface area contributed by atoms with Crippen LogP contribution in [0.4, 0.5) is 0 Å². The highest BCUT2D eigenvalue weighted by Gasteiger charge is 1.99. The van der Waals surface area contributed by atoms with Gasteiger partial charge in [0.05, 0.1) is 6.10 Å². The van der Waals surface area contributed by atoms with Gasteiger partial charge in [0.25, 0.3) is 0 Å². The summed E-state index contributed by atoms with van der Waals surface area (Å²) in [6.45, 7) is 1.82. The van der Waals surface area contributed by atoms with Crippen LogP contribution in [0.2, 0.25) is 10.0 Å². The number of benzene rings is 1. The monoisotopic (exact) mass is 273 g/mol. The topological polar surface area (TPSA) is 49.3 Å². The number of hydrogen-bond donors (Lipinski definition) is 2. The molecule has 0 heterocycles. The third-order valence-electron chi connectivity index (χ3n) is 1.88. The molecule has 1 rings (SSSR count). The number of hydrogen-bond acceptors (Lipinski definition) is 2. The fourth-order valence-corrected chi connectivity index (χ4v) is 1.69. The Hall–Kier alpha value is -1.03. The summed E-state index contributed by atoms with van der Waals surface area (Å²) in [5.74, 6) is -0.276. The Balaban J connectivity index is 2.60. The molecule has 1 amide bonds. The van der Waals surface area contributed by atoms with E-state index in [0.29, 0.717) is 10.0 Å². The lowest BCUT2D eigenvalue weighted by atomic mass is 10.2. The molecule has 3 nitrogen and oxygen atoms in total. The summed E-state index contributed by atoms with van der Waals surface area (Å²) in [5.41, 5.74) is 0.745. The van der Waals surface area contributed by atoms with Gasteiger partial charge in [0.2, 0.25) is 5.91 Å². The number of amides is 1. The molecular formula is C12H13Cl2NO2. The molecule has 2 N–H and O–H groups in total. The molecule has 1 atom stereocenters. The van der Waals surface area contributed by atoms with Gasteiger partial charge in [0.15, 0.2) is 0 Å². The van der Waals surface area contributed by atoms with E-state index in [2.05, 4.69) is 5.32 Å². The second kappa shape index (κ2) is 6.64. The van der Waals surface area contributed by atoms with Crippen LogP contribution in [-0.4, -0.2) is 23.7 Å². The van der Waals surface area contributed by atoms with E-state index in [0.717, 1.165) is 5.56 Å². The zero-order valence-electron chi connectivity index (χ0n) is 9.28. The second-order valence-electron chi connectivity index (χ2n) is 3.63. The Morgan fingerprint density at radius 2 is 2.00 bits per heavy atom. The molecule has 0 saturated carbocycles. The lowest BCUT2D eigenvalue weighted by Gasteiger charge is -2.03. The number of carbonyl (C=O) groups is 1. The van der Waals surface area contributed by atoms with Crippen LogP contribution in [0.3, 0.4) is 0 Å². The SMILES string of the molecule is CC(O)CNC(=O)/C=C/c1cc(Cl)cc(Cl)c1. The predicted molar refractivity (Wildman–Crippen MR) is 70.2 cm³/mol. The van der Waals surface area contributed by atoms with Crippen molar-refractivity contribution in [2.45, 2.75) is 13.0 Å². The molecule has 5 heteroatoms. The standard InChI is InChI=1S/C12H13Cl2NO2/c1-8(16)7-15-12(17)3-2-9-4-10(13)6-11(14)5-9/h2-6,8,16H,7H2,1H3,(H,15,17)/b3-2+. The maximum atomic E-state index is 11.3. The minimum atomic E-state index is -0.562. The number of rotatable bonds is 4. The van der Waals surface area contributed by atoms with Crippen molar-refractivity contribution in [1.29, 1.82) is 0 Å². The van der Waals surface area contributed by atoms with Gasteiger partial charge in [-0.2, -0.15) is 0 Å². The van der Waals surface area contributed by atoms with E-state index >= 15 is 0 Å². The van der Waals surface area contributed by atoms with E-state index in [1.807, 2.05) is 0 Å². The zero-order valence-corrected chi connectivity index (χ0v) is 10.8. The average Bonchev–Trinajstić information content (AvgIpc) is 2.22. The van der Waals surface area contributed by atoms with Gasteiger partial charge in [0, 0.05) is 22.7 Å². The van der Waals surface area contributed by atoms with Crippen LogP contribution in [0.5, 0.6) is 0 Å². The Labute approximate surface area is 110 Å². The second-order valence-corrected chi connectivity index (χ2v) is 4.50. The number of nitrogens with one attached hydrogen (secondary N) is 1. The molecule has 0 saturated heterocycles. The summed E-state index contributed by atoms with van der Waals surface area (Å²) < 4.78 is 0. The molecule has 0 aliphatic rings. The van der Waals surface area contributed by atoms with E-state index in [1.165, 1.54) is 6.08 Å². The number of aliphatic hydroxyl groups excluding tert-OH is 1. The van der Waals surface area contributed by atoms with Gasteiger partial charge < -0.3 is 10.4 Å². The van der Waals surface area contributed by atoms with Crippen molar-refractivity contribution in [2.24, 2.45) is 0 Å². The summed E-state index contributed by atoms with van der Waals surface area (Å²) >= 11 is 11.6. The number of halogens is 2. The Morgan fingerprint density at radius 1 is 1.41 bits per heavy atom. The highest BCUT2D eigenvalue weighted by atomic mass is 35.5. The largest absolute Gasteiger partial charge is 0.392 e. The first kappa shape index (κ1) is 14.0. The first-order chi connectivity index (χ1) is 7.97. The van der Waals surface area contributed by atoms with E-state index in [9.17, 15) is 4.79 Å². The molecule has 0 aliphatic heterocycles. The van der Waals surface area contributed by atoms with Gasteiger partial charge in [-0.3, -0.25) is 4.79 Å². The first-order valence-corrected chi connectivity index (χ1v) is 5.83. The molecule has 0 radical (unpaired) electrons. The predicted octanol–water partition coefficient (Wildman–Crippen LogP) is 2.50. The molecule has 1 aromatic carbocycles. The van der Waals surface area contributed by atoms with Crippen molar-refractivity contribution in [1.82, 2.24) is 5.32 Å². The van der Waals surface area contributed by atoms with Crippen LogP contribution in [0.25, 0.3) is 6.08 Å². The maximum Gasteiger partial charge on any atom is 0.244 e. The molecule has 0 fully saturated rings. The quantitative estimate of drug-likeness (QED) is 0.829. The van der Waals surface area contributed by atoms with Gasteiger partial charge in [-0.1, -0.05) is 23.2 Å². The Morgan fingerprint density at radius 3 is 2.53 bits per heavy atom. The smallest absolute Gasteiger partial charge is 0.244 e. The van der Waals surface area contributed by atoms with Crippen molar-refractivity contribution in [3.63, 3.8) is 0 Å². The molecule has 1 unspecified atom stereocenters. The lowest BCUT2D eigenvalue weighted by molar-refractivity contribution is -0.116. The molecule has 0 aromatic heterocycles. The van der Waals surface area contributed by atoms with E-state index in [4.69, 9.17) is 28.3 Å². The molecule has 0 spiro atoms. The molecule has 92 valence electrons. The van der Waals surface area contributed by atoms with Gasteiger partial charge in [-0.15, -0.1) is 0 Å². The summed E-state index contributed by atoms with van der Waals surface area (Å²) in [6, 6.07) is 5.02. The van der Waals surface area contributed by atoms with E-state index in [-0.39, 0.29) is 12.5 Å². The number of carbonyl (C=O) groups excluding carboxylic acids is 1. The van der Waals surface area contributed by atoms with Crippen molar-refractivity contribution < 1.29 is 9.90 Å². The molecular weight excluding hydrogens is 261 g/mol. The molecule has 1 aromatic rings. The minimum absolute atomic E-state index is 0.222. The van der Waals surface area contributed by atoms with Crippen LogP contribution in [0.1, 0.15) is 12.5 Å². The zero-order chi connectivity index (χ0) is 12.8. The molecule has 0 aliphatic carbocycles. The van der Waals surface area contributed by atoms with Crippen LogP contribution in [0.15, 0.2) is 24.3 Å². The normalized spacial score (nSPS) is 12.7. The molecule has 0 bridgehead atoms. The van der Waals surface area contributed by atoms with Crippen molar-refractivity contribution in [3.8, 4) is 0 Å². The third-order valence-corrected chi connectivity index (χ3v) is 2.32. The van der Waals surface area contributed by atoms with Crippen molar-refractivity contribution in [2.75, 3.05) is 6.54 Å². The fraction of sp³-hybridized carbons (Fsp3) is 0.250. The molecule has 17 heavy (non-hydrogen) atoms. The summed E-state index contributed by atoms with van der Waals surface area (Å²) in [6.07, 6.45) is 2.41. The van der Waals surface area contributed by atoms with Gasteiger partial charge in [0.1, 0.15) is 0 Å². The van der Waals surface area contributed by atoms with E-state index < -0.39 is 6.10 Å². The summed E-state index contributed by atoms with van der Waals surface area (Å²) in [7, 11) is 0. The third kappa shape index (κ3) is 5.73. The van der Waals surface area contributed by atoms with Gasteiger partial charge in [-0.25, -0.2) is 0 Å². The highest BCUT2D eigenvalue weighted by Crippen LogP contribution is 2.19. The first-order valence-electron chi connectivity index (χ1n) is 5.07.